The summed E-state index contributed by atoms with van der Waals surface area (Å²) >= 11 is 0. The van der Waals surface area contributed by atoms with Crippen molar-refractivity contribution < 1.29 is 19.3 Å². The molecule has 0 saturated carbocycles. The van der Waals surface area contributed by atoms with Crippen LogP contribution in [0.25, 0.3) is 0 Å². The fourth-order valence-corrected chi connectivity index (χ4v) is 2.54. The Balaban J connectivity index is 1.92. The summed E-state index contributed by atoms with van der Waals surface area (Å²) in [5.74, 6) is 0.431. The minimum Gasteiger partial charge on any atom is -0.463 e. The summed E-state index contributed by atoms with van der Waals surface area (Å²) in [7, 11) is 0. The van der Waals surface area contributed by atoms with Crippen molar-refractivity contribution in [1.82, 2.24) is 10.6 Å². The van der Waals surface area contributed by atoms with Gasteiger partial charge < -0.3 is 20.4 Å². The van der Waals surface area contributed by atoms with Gasteiger partial charge in [-0.25, -0.2) is 0 Å². The summed E-state index contributed by atoms with van der Waals surface area (Å²) in [4.78, 5) is 24.0. The van der Waals surface area contributed by atoms with E-state index in [-0.39, 0.29) is 24.4 Å². The van der Waals surface area contributed by atoms with E-state index in [2.05, 4.69) is 10.6 Å². The summed E-state index contributed by atoms with van der Waals surface area (Å²) < 4.78 is 5.52. The second-order valence-corrected chi connectivity index (χ2v) is 5.92. The Morgan fingerprint density at radius 1 is 1.16 bits per heavy atom. The zero-order valence-corrected chi connectivity index (χ0v) is 14.7. The molecule has 1 heterocycles. The van der Waals surface area contributed by atoms with Gasteiger partial charge in [-0.05, 0) is 25.5 Å². The highest BCUT2D eigenvalue weighted by Crippen LogP contribution is 2.18. The van der Waals surface area contributed by atoms with Crippen LogP contribution in [0.4, 0.5) is 0 Å². The summed E-state index contributed by atoms with van der Waals surface area (Å²) in [5, 5.41) is 7.40. The molecule has 2 amide bonds. The molecule has 0 aliphatic carbocycles. The van der Waals surface area contributed by atoms with Crippen molar-refractivity contribution in [2.45, 2.75) is 32.4 Å². The minimum atomic E-state index is -0.550. The van der Waals surface area contributed by atoms with E-state index in [0.717, 1.165) is 17.7 Å². The summed E-state index contributed by atoms with van der Waals surface area (Å²) in [6, 6.07) is 12.9. The van der Waals surface area contributed by atoms with Crippen LogP contribution in [0.5, 0.6) is 0 Å². The highest BCUT2D eigenvalue weighted by molar-refractivity contribution is 5.87. The number of furan rings is 1. The van der Waals surface area contributed by atoms with Crippen LogP contribution in [0.15, 0.2) is 53.1 Å². The van der Waals surface area contributed by atoms with E-state index < -0.39 is 6.04 Å². The molecule has 0 aliphatic rings. The number of nitrogens with one attached hydrogen (secondary N) is 2. The van der Waals surface area contributed by atoms with Crippen LogP contribution < -0.4 is 16.0 Å². The lowest BCUT2D eigenvalue weighted by Gasteiger charge is -2.16. The smallest absolute Gasteiger partial charge is 0.275 e. The van der Waals surface area contributed by atoms with E-state index in [1.54, 1.807) is 13.2 Å². The number of carbonyl (C=O) groups excluding carboxylic acids is 2. The molecule has 1 aromatic carbocycles. The van der Waals surface area contributed by atoms with Gasteiger partial charge in [0.05, 0.1) is 6.26 Å². The van der Waals surface area contributed by atoms with Crippen LogP contribution in [0, 0.1) is 0 Å². The van der Waals surface area contributed by atoms with E-state index in [0.29, 0.717) is 6.54 Å². The maximum absolute atomic E-state index is 12.2. The van der Waals surface area contributed by atoms with Crippen molar-refractivity contribution >= 4 is 11.8 Å². The summed E-state index contributed by atoms with van der Waals surface area (Å²) in [5.41, 5.74) is 1.05. The van der Waals surface area contributed by atoms with Crippen LogP contribution in [0.2, 0.25) is 0 Å². The Hall–Kier alpha value is -2.60. The van der Waals surface area contributed by atoms with Crippen molar-refractivity contribution in [2.75, 3.05) is 13.1 Å². The molecule has 2 aromatic rings. The number of quaternary nitrogens is 1. The third kappa shape index (κ3) is 5.76. The molecular formula is C19H26N3O3+. The Morgan fingerprint density at radius 3 is 2.56 bits per heavy atom. The first-order chi connectivity index (χ1) is 12.1. The molecule has 4 N–H and O–H groups in total. The average Bonchev–Trinajstić information content (AvgIpc) is 3.15. The molecule has 6 nitrogen and oxygen atoms in total. The Labute approximate surface area is 148 Å². The Morgan fingerprint density at radius 2 is 1.92 bits per heavy atom. The average molecular weight is 344 g/mol. The largest absolute Gasteiger partial charge is 0.463 e. The Bertz CT molecular complexity index is 656. The fourth-order valence-electron chi connectivity index (χ4n) is 2.54. The fraction of sp³-hybridized carbons (Fsp3) is 0.368. The molecule has 0 saturated heterocycles. The zero-order valence-electron chi connectivity index (χ0n) is 14.7. The predicted octanol–water partition coefficient (Wildman–Crippen LogP) is 0.963. The third-order valence-corrected chi connectivity index (χ3v) is 3.87. The molecule has 0 radical (unpaired) electrons. The highest BCUT2D eigenvalue weighted by atomic mass is 16.3. The van der Waals surface area contributed by atoms with Crippen LogP contribution in [0.1, 0.15) is 37.6 Å². The molecule has 0 fully saturated rings. The van der Waals surface area contributed by atoms with Crippen LogP contribution in [-0.4, -0.2) is 30.9 Å². The first kappa shape index (κ1) is 18.7. The van der Waals surface area contributed by atoms with E-state index in [1.807, 2.05) is 54.7 Å². The molecule has 1 aromatic heterocycles. The maximum Gasteiger partial charge on any atom is 0.275 e. The number of nitrogens with two attached hydrogens (primary N) is 1. The van der Waals surface area contributed by atoms with E-state index in [9.17, 15) is 9.59 Å². The molecule has 0 bridgehead atoms. The van der Waals surface area contributed by atoms with Crippen LogP contribution in [0.3, 0.4) is 0 Å². The van der Waals surface area contributed by atoms with Crippen LogP contribution in [-0.2, 0) is 9.59 Å². The van der Waals surface area contributed by atoms with Crippen molar-refractivity contribution in [3.05, 3.63) is 60.1 Å². The minimum absolute atomic E-state index is 0.105. The first-order valence-electron chi connectivity index (χ1n) is 8.60. The van der Waals surface area contributed by atoms with Gasteiger partial charge in [-0.15, -0.1) is 0 Å². The number of hydrogen-bond donors (Lipinski definition) is 3. The number of hydrogen-bond acceptors (Lipinski definition) is 3. The number of rotatable bonds is 9. The lowest BCUT2D eigenvalue weighted by Crippen LogP contribution is -2.88. The molecule has 2 rings (SSSR count). The molecule has 25 heavy (non-hydrogen) atoms. The molecule has 134 valence electrons. The SMILES string of the molecule is CCCNC(=O)[C@@H](C)NC(=O)C[NH2+][C@@H](c1ccccc1)c1ccco1. The van der Waals surface area contributed by atoms with Gasteiger partial charge in [-0.3, -0.25) is 9.59 Å². The van der Waals surface area contributed by atoms with Crippen molar-refractivity contribution in [3.8, 4) is 0 Å². The van der Waals surface area contributed by atoms with Gasteiger partial charge in [-0.2, -0.15) is 0 Å². The van der Waals surface area contributed by atoms with Gasteiger partial charge in [-0.1, -0.05) is 37.3 Å². The second kappa shape index (κ2) is 9.64. The molecule has 6 heteroatoms. The number of carbonyl (C=O) groups is 2. The van der Waals surface area contributed by atoms with E-state index in [1.165, 1.54) is 0 Å². The van der Waals surface area contributed by atoms with E-state index >= 15 is 0 Å². The zero-order chi connectivity index (χ0) is 18.1. The summed E-state index contributed by atoms with van der Waals surface area (Å²) in [6.45, 7) is 4.48. The van der Waals surface area contributed by atoms with Crippen molar-refractivity contribution in [2.24, 2.45) is 0 Å². The standard InChI is InChI=1S/C19H25N3O3/c1-3-11-20-19(24)14(2)22-17(23)13-21-18(16-10-7-12-25-16)15-8-5-4-6-9-15/h4-10,12,14,18,21H,3,11,13H2,1-2H3,(H,20,24)(H,22,23)/p+1/t14-,18+/m1/s1. The van der Waals surface area contributed by atoms with Gasteiger partial charge >= 0.3 is 0 Å². The van der Waals surface area contributed by atoms with E-state index in [4.69, 9.17) is 4.42 Å². The van der Waals surface area contributed by atoms with Gasteiger partial charge in [0, 0.05) is 12.1 Å². The van der Waals surface area contributed by atoms with Crippen molar-refractivity contribution in [1.29, 1.82) is 0 Å². The first-order valence-corrected chi connectivity index (χ1v) is 8.60. The Kier molecular flexibility index (Phi) is 7.22. The normalized spacial score (nSPS) is 13.0. The number of amides is 2. The quantitative estimate of drug-likeness (QED) is 0.633. The van der Waals surface area contributed by atoms with Gasteiger partial charge in [0.1, 0.15) is 6.04 Å². The third-order valence-electron chi connectivity index (χ3n) is 3.87. The molecule has 2 atom stereocenters. The van der Waals surface area contributed by atoms with Gasteiger partial charge in [0.15, 0.2) is 18.3 Å². The molecule has 0 aliphatic heterocycles. The summed E-state index contributed by atoms with van der Waals surface area (Å²) in [6.07, 6.45) is 2.49. The second-order valence-electron chi connectivity index (χ2n) is 5.92. The molecule has 0 unspecified atom stereocenters. The molecule has 0 spiro atoms. The van der Waals surface area contributed by atoms with Crippen LogP contribution >= 0.6 is 0 Å². The predicted molar refractivity (Wildman–Crippen MR) is 94.7 cm³/mol. The monoisotopic (exact) mass is 344 g/mol. The maximum atomic E-state index is 12.2. The molecular weight excluding hydrogens is 318 g/mol. The lowest BCUT2D eigenvalue weighted by atomic mass is 10.0. The van der Waals surface area contributed by atoms with Crippen molar-refractivity contribution in [3.63, 3.8) is 0 Å². The highest BCUT2D eigenvalue weighted by Gasteiger charge is 2.22. The topological polar surface area (TPSA) is 88.0 Å². The van der Waals surface area contributed by atoms with Gasteiger partial charge in [0.2, 0.25) is 5.91 Å². The lowest BCUT2D eigenvalue weighted by molar-refractivity contribution is -0.678. The van der Waals surface area contributed by atoms with Gasteiger partial charge in [0.25, 0.3) is 5.91 Å². The number of benzene rings is 1.